The zero-order valence-corrected chi connectivity index (χ0v) is 16.4. The highest BCUT2D eigenvalue weighted by Crippen LogP contribution is 2.41. The van der Waals surface area contributed by atoms with Crippen LogP contribution in [-0.2, 0) is 6.42 Å². The first-order chi connectivity index (χ1) is 13.3. The van der Waals surface area contributed by atoms with Crippen molar-refractivity contribution in [2.24, 2.45) is 0 Å². The van der Waals surface area contributed by atoms with Gasteiger partial charge in [0.15, 0.2) is 11.5 Å². The quantitative estimate of drug-likeness (QED) is 0.682. The average Bonchev–Trinajstić information content (AvgIpc) is 3.18. The maximum atomic E-state index is 12.3. The summed E-state index contributed by atoms with van der Waals surface area (Å²) in [6.45, 7) is 8.52. The summed E-state index contributed by atoms with van der Waals surface area (Å²) < 4.78 is 13.4. The molecule has 0 aliphatic carbocycles. The number of para-hydroxylation sites is 1. The van der Waals surface area contributed by atoms with Crippen molar-refractivity contribution in [2.45, 2.75) is 39.7 Å². The molecule has 28 heavy (non-hydrogen) atoms. The number of aromatic nitrogens is 4. The molecular formula is C20H23N5O3. The molecule has 0 spiro atoms. The molecule has 1 N–H and O–H groups in total. The Morgan fingerprint density at radius 3 is 2.96 bits per heavy atom. The van der Waals surface area contributed by atoms with Crippen molar-refractivity contribution in [3.05, 3.63) is 47.0 Å². The second-order valence-corrected chi connectivity index (χ2v) is 7.57. The number of rotatable bonds is 5. The van der Waals surface area contributed by atoms with Gasteiger partial charge in [0.25, 0.3) is 11.7 Å². The van der Waals surface area contributed by atoms with Crippen LogP contribution in [0.1, 0.15) is 41.4 Å². The van der Waals surface area contributed by atoms with E-state index >= 15 is 0 Å². The molecule has 1 aliphatic rings. The van der Waals surface area contributed by atoms with E-state index in [1.54, 1.807) is 4.52 Å². The fourth-order valence-corrected chi connectivity index (χ4v) is 3.37. The number of hydrogen-bond donors (Lipinski definition) is 1. The number of aryl methyl sites for hydroxylation is 2. The summed E-state index contributed by atoms with van der Waals surface area (Å²) in [6.07, 6.45) is 0.850. The van der Waals surface area contributed by atoms with Crippen molar-refractivity contribution in [3.8, 4) is 11.5 Å². The minimum Gasteiger partial charge on any atom is -0.488 e. The summed E-state index contributed by atoms with van der Waals surface area (Å²) in [7, 11) is 0. The molecule has 8 heteroatoms. The maximum absolute atomic E-state index is 12.3. The van der Waals surface area contributed by atoms with Crippen molar-refractivity contribution in [1.82, 2.24) is 24.9 Å². The topological polar surface area (TPSA) is 90.6 Å². The Bertz CT molecular complexity index is 1060. The molecule has 1 aromatic carbocycles. The molecule has 8 nitrogen and oxygen atoms in total. The average molecular weight is 381 g/mol. The molecule has 1 amide bonds. The van der Waals surface area contributed by atoms with Gasteiger partial charge >= 0.3 is 0 Å². The van der Waals surface area contributed by atoms with E-state index in [0.29, 0.717) is 24.7 Å². The molecule has 0 atom stereocenters. The van der Waals surface area contributed by atoms with Gasteiger partial charge < -0.3 is 14.8 Å². The van der Waals surface area contributed by atoms with Gasteiger partial charge in [-0.2, -0.15) is 4.98 Å². The van der Waals surface area contributed by atoms with Gasteiger partial charge in [0.1, 0.15) is 12.2 Å². The van der Waals surface area contributed by atoms with E-state index in [4.69, 9.17) is 9.47 Å². The van der Waals surface area contributed by atoms with Gasteiger partial charge in [-0.15, -0.1) is 5.10 Å². The lowest BCUT2D eigenvalue weighted by Gasteiger charge is -2.18. The zero-order valence-electron chi connectivity index (χ0n) is 16.4. The summed E-state index contributed by atoms with van der Waals surface area (Å²) in [6, 6.07) is 7.77. The predicted octanol–water partition coefficient (Wildman–Crippen LogP) is 2.26. The number of hydrogen-bond acceptors (Lipinski definition) is 6. The van der Waals surface area contributed by atoms with Crippen LogP contribution in [0.15, 0.2) is 24.3 Å². The van der Waals surface area contributed by atoms with Crippen LogP contribution < -0.4 is 14.8 Å². The molecule has 3 aromatic rings. The zero-order chi connectivity index (χ0) is 19.9. The summed E-state index contributed by atoms with van der Waals surface area (Å²) in [5.74, 6) is 1.63. The first-order valence-corrected chi connectivity index (χ1v) is 9.25. The molecule has 0 radical (unpaired) electrons. The Morgan fingerprint density at radius 2 is 2.14 bits per heavy atom. The first kappa shape index (κ1) is 18.2. The van der Waals surface area contributed by atoms with Crippen LogP contribution in [0.3, 0.4) is 0 Å². The highest BCUT2D eigenvalue weighted by atomic mass is 16.5. The van der Waals surface area contributed by atoms with Gasteiger partial charge in [0.05, 0.1) is 6.54 Å². The number of ether oxygens (including phenoxy) is 2. The molecule has 0 fully saturated rings. The number of amides is 1. The molecule has 146 valence electrons. The Kier molecular flexibility index (Phi) is 4.41. The van der Waals surface area contributed by atoms with Crippen molar-refractivity contribution < 1.29 is 14.3 Å². The molecule has 0 bridgehead atoms. The van der Waals surface area contributed by atoms with Crippen molar-refractivity contribution >= 4 is 11.7 Å². The third kappa shape index (κ3) is 3.49. The highest BCUT2D eigenvalue weighted by Gasteiger charge is 2.32. The fraction of sp³-hybridized carbons (Fsp3) is 0.400. The maximum Gasteiger partial charge on any atom is 0.291 e. The standard InChI is InChI=1S/C20H23N5O3/c1-12-10-13(2)25-19(22-12)23-17(24-25)18(26)21-8-9-27-15-7-5-6-14-11-20(3,4)28-16(14)15/h5-7,10H,8-9,11H2,1-4H3,(H,21,26). The lowest BCUT2D eigenvalue weighted by Crippen LogP contribution is -2.29. The number of benzene rings is 1. The van der Waals surface area contributed by atoms with E-state index < -0.39 is 0 Å². The second-order valence-electron chi connectivity index (χ2n) is 7.57. The summed E-state index contributed by atoms with van der Waals surface area (Å²) >= 11 is 0. The van der Waals surface area contributed by atoms with Crippen LogP contribution in [0.5, 0.6) is 11.5 Å². The highest BCUT2D eigenvalue weighted by molar-refractivity contribution is 5.90. The van der Waals surface area contributed by atoms with Crippen LogP contribution in [0.2, 0.25) is 0 Å². The summed E-state index contributed by atoms with van der Waals surface area (Å²) in [4.78, 5) is 20.8. The SMILES string of the molecule is Cc1cc(C)n2nc(C(=O)NCCOc3cccc4c3OC(C)(C)C4)nc2n1. The smallest absolute Gasteiger partial charge is 0.291 e. The summed E-state index contributed by atoms with van der Waals surface area (Å²) in [5, 5.41) is 7.00. The fourth-order valence-electron chi connectivity index (χ4n) is 3.37. The molecule has 1 aliphatic heterocycles. The van der Waals surface area contributed by atoms with Crippen molar-refractivity contribution in [2.75, 3.05) is 13.2 Å². The molecule has 0 saturated heterocycles. The van der Waals surface area contributed by atoms with Crippen LogP contribution in [0, 0.1) is 13.8 Å². The Labute approximate surface area is 162 Å². The van der Waals surface area contributed by atoms with Crippen LogP contribution in [0.25, 0.3) is 5.78 Å². The predicted molar refractivity (Wildman–Crippen MR) is 103 cm³/mol. The number of nitrogens with one attached hydrogen (secondary N) is 1. The molecular weight excluding hydrogens is 358 g/mol. The number of carbonyl (C=O) groups is 1. The van der Waals surface area contributed by atoms with Crippen molar-refractivity contribution in [3.63, 3.8) is 0 Å². The number of nitrogens with zero attached hydrogens (tertiary/aromatic N) is 4. The van der Waals surface area contributed by atoms with Gasteiger partial charge in [0, 0.05) is 23.4 Å². The number of carbonyl (C=O) groups excluding carboxylic acids is 1. The third-order valence-corrected chi connectivity index (χ3v) is 4.52. The van der Waals surface area contributed by atoms with E-state index in [-0.39, 0.29) is 17.3 Å². The van der Waals surface area contributed by atoms with Crippen LogP contribution >= 0.6 is 0 Å². The second kappa shape index (κ2) is 6.78. The van der Waals surface area contributed by atoms with Crippen LogP contribution in [-0.4, -0.2) is 44.2 Å². The largest absolute Gasteiger partial charge is 0.488 e. The van der Waals surface area contributed by atoms with E-state index in [2.05, 4.69) is 34.2 Å². The normalized spacial score (nSPS) is 14.6. The third-order valence-electron chi connectivity index (χ3n) is 4.52. The lowest BCUT2D eigenvalue weighted by atomic mass is 10.0. The minimum atomic E-state index is -0.359. The van der Waals surface area contributed by atoms with Gasteiger partial charge in [-0.05, 0) is 39.8 Å². The van der Waals surface area contributed by atoms with Crippen LogP contribution in [0.4, 0.5) is 0 Å². The Morgan fingerprint density at radius 1 is 1.32 bits per heavy atom. The first-order valence-electron chi connectivity index (χ1n) is 9.25. The summed E-state index contributed by atoms with van der Waals surface area (Å²) in [5.41, 5.74) is 2.62. The van der Waals surface area contributed by atoms with E-state index in [9.17, 15) is 4.79 Å². The lowest BCUT2D eigenvalue weighted by molar-refractivity contribution is 0.0936. The van der Waals surface area contributed by atoms with Gasteiger partial charge in [0.2, 0.25) is 5.82 Å². The van der Waals surface area contributed by atoms with E-state index in [0.717, 1.165) is 29.1 Å². The Balaban J connectivity index is 1.36. The van der Waals surface area contributed by atoms with E-state index in [1.165, 1.54) is 0 Å². The monoisotopic (exact) mass is 381 g/mol. The van der Waals surface area contributed by atoms with Gasteiger partial charge in [-0.1, -0.05) is 12.1 Å². The Hall–Kier alpha value is -3.16. The molecule has 0 saturated carbocycles. The van der Waals surface area contributed by atoms with Crippen molar-refractivity contribution in [1.29, 1.82) is 0 Å². The van der Waals surface area contributed by atoms with Gasteiger partial charge in [-0.25, -0.2) is 9.50 Å². The molecule has 0 unspecified atom stereocenters. The molecule has 3 heterocycles. The number of fused-ring (bicyclic) bond motifs is 2. The minimum absolute atomic E-state index is 0.0897. The molecule has 2 aromatic heterocycles. The van der Waals surface area contributed by atoms with Gasteiger partial charge in [-0.3, -0.25) is 4.79 Å². The van der Waals surface area contributed by atoms with E-state index in [1.807, 2.05) is 38.1 Å². The molecule has 4 rings (SSSR count).